The first kappa shape index (κ1) is 22.4. The maximum absolute atomic E-state index is 12.5. The Morgan fingerprint density at radius 2 is 1.71 bits per heavy atom. The summed E-state index contributed by atoms with van der Waals surface area (Å²) in [6.45, 7) is 3.51. The number of fused-ring (bicyclic) bond motifs is 1. The van der Waals surface area contributed by atoms with E-state index < -0.39 is 34.9 Å². The summed E-state index contributed by atoms with van der Waals surface area (Å²) in [5.41, 5.74) is 1.66. The van der Waals surface area contributed by atoms with Gasteiger partial charge in [-0.2, -0.15) is 4.72 Å². The van der Waals surface area contributed by atoms with Crippen molar-refractivity contribution >= 4 is 38.3 Å². The third-order valence-electron chi connectivity index (χ3n) is 4.87. The maximum Gasteiger partial charge on any atom is 0.321 e. The van der Waals surface area contributed by atoms with Gasteiger partial charge < -0.3 is 9.72 Å². The zero-order valence-corrected chi connectivity index (χ0v) is 18.1. The van der Waals surface area contributed by atoms with Crippen molar-refractivity contribution in [2.24, 2.45) is 0 Å². The lowest BCUT2D eigenvalue weighted by Gasteiger charge is -2.08. The largest absolute Gasteiger partial charge is 0.456 e. The third kappa shape index (κ3) is 4.89. The first-order valence-electron chi connectivity index (χ1n) is 9.47. The number of hydrogen-bond donors (Lipinski definition) is 2. The SMILES string of the molecule is CC(=O)c1c(C)[nH]c(C(=O)COC(=O)CNS(=O)(=O)c2ccc3ccccc3c2)c1C. The van der Waals surface area contributed by atoms with Crippen LogP contribution in [0.2, 0.25) is 0 Å². The number of ether oxygens (including phenoxy) is 1. The molecule has 2 aromatic carbocycles. The van der Waals surface area contributed by atoms with Gasteiger partial charge in [0.2, 0.25) is 15.8 Å². The Morgan fingerprint density at radius 3 is 2.35 bits per heavy atom. The average molecular weight is 442 g/mol. The standard InChI is InChI=1S/C22H22N2O6S/c1-13-21(15(3)25)14(2)24-22(13)19(26)12-30-20(27)11-23-31(28,29)18-9-8-16-6-4-5-7-17(16)10-18/h4-10,23-24H,11-12H2,1-3H3. The van der Waals surface area contributed by atoms with E-state index in [0.717, 1.165) is 10.8 Å². The zero-order chi connectivity index (χ0) is 22.8. The molecule has 31 heavy (non-hydrogen) atoms. The highest BCUT2D eigenvalue weighted by Gasteiger charge is 2.21. The lowest BCUT2D eigenvalue weighted by Crippen LogP contribution is -2.31. The third-order valence-corrected chi connectivity index (χ3v) is 6.27. The Morgan fingerprint density at radius 1 is 1.03 bits per heavy atom. The highest BCUT2D eigenvalue weighted by molar-refractivity contribution is 7.89. The van der Waals surface area contributed by atoms with Crippen molar-refractivity contribution in [3.8, 4) is 0 Å². The van der Waals surface area contributed by atoms with Crippen molar-refractivity contribution in [3.05, 3.63) is 65.0 Å². The Balaban J connectivity index is 1.60. The van der Waals surface area contributed by atoms with Crippen LogP contribution in [0.15, 0.2) is 47.4 Å². The fourth-order valence-corrected chi connectivity index (χ4v) is 4.40. The van der Waals surface area contributed by atoms with Gasteiger partial charge in [0.25, 0.3) is 0 Å². The molecule has 8 nitrogen and oxygen atoms in total. The van der Waals surface area contributed by atoms with Gasteiger partial charge in [0.05, 0.1) is 10.6 Å². The number of hydrogen-bond acceptors (Lipinski definition) is 6. The summed E-state index contributed by atoms with van der Waals surface area (Å²) in [5.74, 6) is -1.59. The Bertz CT molecular complexity index is 1290. The number of H-pyrrole nitrogens is 1. The second kappa shape index (κ2) is 8.83. The smallest absolute Gasteiger partial charge is 0.321 e. The molecule has 0 atom stereocenters. The van der Waals surface area contributed by atoms with Gasteiger partial charge in [0.15, 0.2) is 12.4 Å². The van der Waals surface area contributed by atoms with Gasteiger partial charge in [-0.25, -0.2) is 8.42 Å². The van der Waals surface area contributed by atoms with Gasteiger partial charge in [-0.15, -0.1) is 0 Å². The molecule has 0 unspecified atom stereocenters. The number of esters is 1. The van der Waals surface area contributed by atoms with Crippen LogP contribution in [-0.2, 0) is 19.6 Å². The number of nitrogens with one attached hydrogen (secondary N) is 2. The molecular weight excluding hydrogens is 420 g/mol. The number of rotatable bonds is 8. The summed E-state index contributed by atoms with van der Waals surface area (Å²) in [6.07, 6.45) is 0. The van der Waals surface area contributed by atoms with Crippen LogP contribution in [0.4, 0.5) is 0 Å². The first-order valence-corrected chi connectivity index (χ1v) is 11.0. The van der Waals surface area contributed by atoms with E-state index in [2.05, 4.69) is 9.71 Å². The molecule has 162 valence electrons. The van der Waals surface area contributed by atoms with E-state index in [1.807, 2.05) is 12.1 Å². The molecule has 0 bridgehead atoms. The number of carbonyl (C=O) groups excluding carboxylic acids is 3. The van der Waals surface area contributed by atoms with E-state index in [1.54, 1.807) is 32.0 Å². The van der Waals surface area contributed by atoms with Crippen molar-refractivity contribution in [2.75, 3.05) is 13.2 Å². The molecule has 0 saturated heterocycles. The zero-order valence-electron chi connectivity index (χ0n) is 17.3. The van der Waals surface area contributed by atoms with Crippen molar-refractivity contribution < 1.29 is 27.5 Å². The Hall–Kier alpha value is -3.30. The van der Waals surface area contributed by atoms with Crippen LogP contribution in [0.3, 0.4) is 0 Å². The molecule has 2 N–H and O–H groups in total. The van der Waals surface area contributed by atoms with Crippen LogP contribution >= 0.6 is 0 Å². The summed E-state index contributed by atoms with van der Waals surface area (Å²) in [6, 6.07) is 11.9. The molecule has 3 aromatic rings. The molecule has 1 aromatic heterocycles. The molecule has 3 rings (SSSR count). The maximum atomic E-state index is 12.5. The van der Waals surface area contributed by atoms with Crippen molar-refractivity contribution in [1.29, 1.82) is 0 Å². The van der Waals surface area contributed by atoms with Crippen LogP contribution in [-0.4, -0.2) is 44.1 Å². The minimum absolute atomic E-state index is 0.0179. The minimum Gasteiger partial charge on any atom is -0.456 e. The molecular formula is C22H22N2O6S. The van der Waals surface area contributed by atoms with E-state index in [0.29, 0.717) is 16.8 Å². The molecule has 9 heteroatoms. The first-order chi connectivity index (χ1) is 14.6. The van der Waals surface area contributed by atoms with Crippen LogP contribution in [0.25, 0.3) is 10.8 Å². The number of carbonyl (C=O) groups is 3. The summed E-state index contributed by atoms with van der Waals surface area (Å²) in [5, 5.41) is 1.64. The average Bonchev–Trinajstić information content (AvgIpc) is 3.04. The monoisotopic (exact) mass is 442 g/mol. The molecule has 0 aliphatic rings. The Labute approximate surface area is 179 Å². The minimum atomic E-state index is -3.94. The number of ketones is 2. The number of benzene rings is 2. The second-order valence-electron chi connectivity index (χ2n) is 7.10. The molecule has 0 aliphatic carbocycles. The van der Waals surface area contributed by atoms with Crippen LogP contribution in [0.5, 0.6) is 0 Å². The van der Waals surface area contributed by atoms with Crippen LogP contribution in [0, 0.1) is 13.8 Å². The van der Waals surface area contributed by atoms with Gasteiger partial charge in [-0.05, 0) is 49.2 Å². The van der Waals surface area contributed by atoms with Crippen LogP contribution < -0.4 is 4.72 Å². The van der Waals surface area contributed by atoms with E-state index >= 15 is 0 Å². The molecule has 0 saturated carbocycles. The van der Waals surface area contributed by atoms with Gasteiger partial charge >= 0.3 is 5.97 Å². The highest BCUT2D eigenvalue weighted by atomic mass is 32.2. The Kier molecular flexibility index (Phi) is 6.37. The van der Waals surface area contributed by atoms with Crippen molar-refractivity contribution in [3.63, 3.8) is 0 Å². The lowest BCUT2D eigenvalue weighted by molar-refractivity contribution is -0.141. The highest BCUT2D eigenvalue weighted by Crippen LogP contribution is 2.20. The summed E-state index contributed by atoms with van der Waals surface area (Å²) < 4.78 is 32.0. The number of aryl methyl sites for hydroxylation is 1. The van der Waals surface area contributed by atoms with Crippen molar-refractivity contribution in [2.45, 2.75) is 25.7 Å². The van der Waals surface area contributed by atoms with Gasteiger partial charge in [0, 0.05) is 11.3 Å². The van der Waals surface area contributed by atoms with Crippen molar-refractivity contribution in [1.82, 2.24) is 9.71 Å². The molecule has 0 fully saturated rings. The molecule has 0 radical (unpaired) electrons. The lowest BCUT2D eigenvalue weighted by atomic mass is 10.1. The number of aromatic nitrogens is 1. The van der Waals surface area contributed by atoms with E-state index in [1.165, 1.54) is 19.1 Å². The number of sulfonamides is 1. The molecule has 1 heterocycles. The summed E-state index contributed by atoms with van der Waals surface area (Å²) >= 11 is 0. The van der Waals surface area contributed by atoms with E-state index in [-0.39, 0.29) is 16.4 Å². The van der Waals surface area contributed by atoms with Crippen LogP contribution in [0.1, 0.15) is 39.0 Å². The quantitative estimate of drug-likeness (QED) is 0.409. The normalized spacial score (nSPS) is 11.5. The van der Waals surface area contributed by atoms with E-state index in [4.69, 9.17) is 4.74 Å². The predicted octanol–water partition coefficient (Wildman–Crippen LogP) is 2.69. The topological polar surface area (TPSA) is 122 Å². The van der Waals surface area contributed by atoms with E-state index in [9.17, 15) is 22.8 Å². The summed E-state index contributed by atoms with van der Waals surface area (Å²) in [7, 11) is -3.94. The fourth-order valence-electron chi connectivity index (χ4n) is 3.40. The second-order valence-corrected chi connectivity index (χ2v) is 8.87. The molecule has 0 amide bonds. The fraction of sp³-hybridized carbons (Fsp3) is 0.227. The summed E-state index contributed by atoms with van der Waals surface area (Å²) in [4.78, 5) is 38.8. The number of aromatic amines is 1. The van der Waals surface area contributed by atoms with Gasteiger partial charge in [-0.3, -0.25) is 14.4 Å². The van der Waals surface area contributed by atoms with Gasteiger partial charge in [-0.1, -0.05) is 30.3 Å². The predicted molar refractivity (Wildman–Crippen MR) is 115 cm³/mol. The molecule has 0 spiro atoms. The number of Topliss-reactive ketones (excluding diaryl/α,β-unsaturated/α-hetero) is 2. The molecule has 0 aliphatic heterocycles. The van der Waals surface area contributed by atoms with Gasteiger partial charge in [0.1, 0.15) is 6.54 Å².